The minimum Gasteiger partial charge on any atom is -0.507 e. The molecule has 11 heteroatoms. The molecule has 198 valence electrons. The number of aromatic nitrogens is 2. The molecule has 1 aromatic heterocycles. The number of ketones is 1. The van der Waals surface area contributed by atoms with E-state index in [0.717, 1.165) is 4.90 Å². The number of imidazole rings is 1. The lowest BCUT2D eigenvalue weighted by atomic mass is 9.95. The van der Waals surface area contributed by atoms with Crippen molar-refractivity contribution in [2.75, 3.05) is 26.2 Å². The summed E-state index contributed by atoms with van der Waals surface area (Å²) < 4.78 is 16.0. The van der Waals surface area contributed by atoms with Gasteiger partial charge in [-0.15, -0.1) is 0 Å². The smallest absolute Gasteiger partial charge is 0.335 e. The second-order valence-corrected chi connectivity index (χ2v) is 8.61. The topological polar surface area (TPSA) is 151 Å². The Morgan fingerprint density at radius 3 is 2.36 bits per heavy atom. The van der Waals surface area contributed by atoms with Crippen molar-refractivity contribution >= 4 is 40.4 Å². The zero-order valence-corrected chi connectivity index (χ0v) is 21.1. The van der Waals surface area contributed by atoms with E-state index in [2.05, 4.69) is 9.97 Å². The van der Waals surface area contributed by atoms with E-state index < -0.39 is 29.5 Å². The van der Waals surface area contributed by atoms with Crippen LogP contribution in [0.15, 0.2) is 66.2 Å². The number of carbonyl (C=O) groups excluding carboxylic acids is 2. The van der Waals surface area contributed by atoms with Gasteiger partial charge in [-0.05, 0) is 48.0 Å². The number of ether oxygens (including phenoxy) is 3. The minimum absolute atomic E-state index is 0.00297. The third-order valence-electron chi connectivity index (χ3n) is 6.46. The molecule has 1 atom stereocenters. The van der Waals surface area contributed by atoms with E-state index in [0.29, 0.717) is 28.1 Å². The highest BCUT2D eigenvalue weighted by molar-refractivity contribution is 6.51. The molecule has 3 N–H and O–H groups in total. The highest BCUT2D eigenvalue weighted by Gasteiger charge is 2.48. The first-order chi connectivity index (χ1) is 18.8. The molecule has 1 amide bonds. The number of amides is 1. The number of nitrogens with one attached hydrogen (secondary N) is 1. The van der Waals surface area contributed by atoms with E-state index in [1.54, 1.807) is 36.4 Å². The van der Waals surface area contributed by atoms with Crippen molar-refractivity contribution in [1.82, 2.24) is 9.97 Å². The molecule has 11 nitrogen and oxygen atoms in total. The Hall–Kier alpha value is -5.32. The number of aromatic amines is 1. The summed E-state index contributed by atoms with van der Waals surface area (Å²) in [5.41, 5.74) is 1.22. The summed E-state index contributed by atoms with van der Waals surface area (Å²) in [4.78, 5) is 47.0. The number of anilines is 1. The maximum atomic E-state index is 13.5. The van der Waals surface area contributed by atoms with E-state index in [4.69, 9.17) is 14.2 Å². The van der Waals surface area contributed by atoms with Crippen molar-refractivity contribution in [2.45, 2.75) is 6.04 Å². The van der Waals surface area contributed by atoms with E-state index in [9.17, 15) is 24.6 Å². The Labute approximate surface area is 221 Å². The van der Waals surface area contributed by atoms with Gasteiger partial charge in [0.25, 0.3) is 5.78 Å². The standard InChI is InChI=1S/C28H23N3O8/c1-37-16-6-4-5-14(11-16)23-22(24(32)18-9-8-17(38-2)13-21(18)39-3)25(33)26(34)31(23)28-29-19-10-7-15(27(35)36)12-20(19)30-28/h4-13,23,32H,1-3H3,(H,29,30)(H,35,36)/b24-22+. The van der Waals surface area contributed by atoms with Crippen LogP contribution in [0.3, 0.4) is 0 Å². The number of carboxylic acid groups (broad SMARTS) is 1. The van der Waals surface area contributed by atoms with Crippen LogP contribution < -0.4 is 19.1 Å². The van der Waals surface area contributed by atoms with Gasteiger partial charge in [-0.1, -0.05) is 12.1 Å². The van der Waals surface area contributed by atoms with Gasteiger partial charge in [-0.3, -0.25) is 14.5 Å². The Bertz CT molecular complexity index is 1670. The molecule has 0 aliphatic carbocycles. The number of aliphatic hydroxyl groups is 1. The van der Waals surface area contributed by atoms with E-state index >= 15 is 0 Å². The summed E-state index contributed by atoms with van der Waals surface area (Å²) in [5.74, 6) is -2.28. The lowest BCUT2D eigenvalue weighted by Crippen LogP contribution is -2.30. The van der Waals surface area contributed by atoms with Crippen LogP contribution in [0.4, 0.5) is 5.95 Å². The fourth-order valence-corrected chi connectivity index (χ4v) is 4.56. The second kappa shape index (κ2) is 9.86. The molecule has 1 aliphatic heterocycles. The molecule has 3 aromatic carbocycles. The van der Waals surface area contributed by atoms with Gasteiger partial charge in [0.1, 0.15) is 23.0 Å². The first-order valence-corrected chi connectivity index (χ1v) is 11.7. The monoisotopic (exact) mass is 529 g/mol. The normalized spacial score (nSPS) is 16.5. The van der Waals surface area contributed by atoms with Crippen molar-refractivity contribution in [1.29, 1.82) is 0 Å². The fourth-order valence-electron chi connectivity index (χ4n) is 4.56. The van der Waals surface area contributed by atoms with E-state index in [1.807, 2.05) is 0 Å². The SMILES string of the molecule is COc1cccc(C2/C(=C(\O)c3ccc(OC)cc3OC)C(=O)C(=O)N2c2nc3ccc(C(=O)O)cc3[nH]2)c1. The third kappa shape index (κ3) is 4.29. The molecule has 0 bridgehead atoms. The average molecular weight is 530 g/mol. The molecule has 1 saturated heterocycles. The van der Waals surface area contributed by atoms with Crippen LogP contribution in [0, 0.1) is 0 Å². The second-order valence-electron chi connectivity index (χ2n) is 8.61. The van der Waals surface area contributed by atoms with Gasteiger partial charge in [-0.25, -0.2) is 9.78 Å². The molecule has 0 spiro atoms. The number of benzene rings is 3. The van der Waals surface area contributed by atoms with Crippen molar-refractivity contribution in [3.8, 4) is 17.2 Å². The van der Waals surface area contributed by atoms with Gasteiger partial charge >= 0.3 is 11.9 Å². The molecule has 2 heterocycles. The van der Waals surface area contributed by atoms with Crippen molar-refractivity contribution < 1.29 is 38.8 Å². The number of aliphatic hydroxyl groups excluding tert-OH is 1. The van der Waals surface area contributed by atoms with Gasteiger partial charge in [0, 0.05) is 6.07 Å². The van der Waals surface area contributed by atoms with Crippen LogP contribution in [0.25, 0.3) is 16.8 Å². The number of Topliss-reactive ketones (excluding diaryl/α,β-unsaturated/α-hetero) is 1. The maximum absolute atomic E-state index is 13.5. The number of carbonyl (C=O) groups is 3. The van der Waals surface area contributed by atoms with Gasteiger partial charge in [0.2, 0.25) is 5.95 Å². The number of nitrogens with zero attached hydrogens (tertiary/aromatic N) is 2. The zero-order chi connectivity index (χ0) is 27.8. The number of rotatable bonds is 7. The van der Waals surface area contributed by atoms with Crippen LogP contribution in [0.2, 0.25) is 0 Å². The summed E-state index contributed by atoms with van der Waals surface area (Å²) in [5, 5.41) is 20.8. The number of hydrogen-bond donors (Lipinski definition) is 3. The van der Waals surface area contributed by atoms with Gasteiger partial charge in [0.05, 0.1) is 55.1 Å². The van der Waals surface area contributed by atoms with E-state index in [1.165, 1.54) is 45.6 Å². The first kappa shape index (κ1) is 25.3. The van der Waals surface area contributed by atoms with Gasteiger partial charge < -0.3 is 29.4 Å². The average Bonchev–Trinajstić information content (AvgIpc) is 3.49. The highest BCUT2D eigenvalue weighted by atomic mass is 16.5. The van der Waals surface area contributed by atoms with Crippen molar-refractivity contribution in [3.63, 3.8) is 0 Å². The third-order valence-corrected chi connectivity index (χ3v) is 6.46. The summed E-state index contributed by atoms with van der Waals surface area (Å²) in [7, 11) is 4.37. The van der Waals surface area contributed by atoms with Crippen LogP contribution in [0.5, 0.6) is 17.2 Å². The molecule has 5 rings (SSSR count). The molecule has 1 unspecified atom stereocenters. The molecular formula is C28H23N3O8. The summed E-state index contributed by atoms with van der Waals surface area (Å²) in [6, 6.07) is 14.6. The molecule has 0 radical (unpaired) electrons. The van der Waals surface area contributed by atoms with Gasteiger partial charge in [0.15, 0.2) is 0 Å². The summed E-state index contributed by atoms with van der Waals surface area (Å²) in [6.45, 7) is 0. The highest BCUT2D eigenvalue weighted by Crippen LogP contribution is 2.44. The Kier molecular flexibility index (Phi) is 6.40. The predicted molar refractivity (Wildman–Crippen MR) is 140 cm³/mol. The maximum Gasteiger partial charge on any atom is 0.335 e. The van der Waals surface area contributed by atoms with Crippen LogP contribution in [0.1, 0.15) is 27.5 Å². The van der Waals surface area contributed by atoms with Gasteiger partial charge in [-0.2, -0.15) is 0 Å². The Morgan fingerprint density at radius 1 is 0.923 bits per heavy atom. The largest absolute Gasteiger partial charge is 0.507 e. The zero-order valence-electron chi connectivity index (χ0n) is 21.1. The first-order valence-electron chi connectivity index (χ1n) is 11.7. The fraction of sp³-hybridized carbons (Fsp3) is 0.143. The quantitative estimate of drug-likeness (QED) is 0.184. The number of hydrogen-bond acceptors (Lipinski definition) is 8. The lowest BCUT2D eigenvalue weighted by molar-refractivity contribution is -0.132. The molecular weight excluding hydrogens is 506 g/mol. The summed E-state index contributed by atoms with van der Waals surface area (Å²) in [6.07, 6.45) is 0. The van der Waals surface area contributed by atoms with Crippen LogP contribution in [-0.2, 0) is 9.59 Å². The number of fused-ring (bicyclic) bond motifs is 1. The van der Waals surface area contributed by atoms with Crippen LogP contribution >= 0.6 is 0 Å². The number of H-pyrrole nitrogens is 1. The number of methoxy groups -OCH3 is 3. The van der Waals surface area contributed by atoms with Crippen LogP contribution in [-0.4, -0.2) is 59.2 Å². The Balaban J connectivity index is 1.74. The predicted octanol–water partition coefficient (Wildman–Crippen LogP) is 3.91. The lowest BCUT2D eigenvalue weighted by Gasteiger charge is -2.23. The number of carboxylic acids is 1. The minimum atomic E-state index is -1.13. The van der Waals surface area contributed by atoms with Crippen molar-refractivity contribution in [3.05, 3.63) is 82.9 Å². The van der Waals surface area contributed by atoms with Crippen molar-refractivity contribution in [2.24, 2.45) is 0 Å². The molecule has 39 heavy (non-hydrogen) atoms. The molecule has 0 saturated carbocycles. The molecule has 1 fully saturated rings. The molecule has 4 aromatic rings. The molecule has 1 aliphatic rings. The summed E-state index contributed by atoms with van der Waals surface area (Å²) >= 11 is 0. The van der Waals surface area contributed by atoms with E-state index in [-0.39, 0.29) is 28.4 Å². The Morgan fingerprint density at radius 2 is 1.67 bits per heavy atom. The number of aromatic carboxylic acids is 1.